The van der Waals surface area contributed by atoms with Gasteiger partial charge in [0.05, 0.1) is 22.8 Å². The molecule has 0 saturated heterocycles. The van der Waals surface area contributed by atoms with Crippen molar-refractivity contribution in [3.8, 4) is 0 Å². The molecule has 1 amide bonds. The lowest BCUT2D eigenvalue weighted by Gasteiger charge is -2.28. The molecule has 0 aliphatic rings. The molecule has 2 aromatic carbocycles. The van der Waals surface area contributed by atoms with Gasteiger partial charge in [0.25, 0.3) is 5.91 Å². The van der Waals surface area contributed by atoms with Crippen LogP contribution in [0.4, 0.5) is 22.0 Å². The van der Waals surface area contributed by atoms with Crippen molar-refractivity contribution in [1.29, 1.82) is 0 Å². The molecule has 16 heteroatoms. The van der Waals surface area contributed by atoms with E-state index in [0.29, 0.717) is 31.6 Å². The third-order valence-electron chi connectivity index (χ3n) is 8.10. The van der Waals surface area contributed by atoms with Crippen molar-refractivity contribution in [1.82, 2.24) is 20.8 Å². The Morgan fingerprint density at radius 2 is 1.62 bits per heavy atom. The Balaban J connectivity index is 1.94. The van der Waals surface area contributed by atoms with E-state index in [2.05, 4.69) is 15.7 Å². The molecule has 0 bridgehead atoms. The molecule has 5 N–H and O–H groups in total. The zero-order valence-corrected chi connectivity index (χ0v) is 29.0. The second-order valence-electron chi connectivity index (χ2n) is 12.1. The molecule has 0 aliphatic heterocycles. The molecule has 1 heterocycles. The van der Waals surface area contributed by atoms with E-state index in [1.807, 2.05) is 31.2 Å². The maximum absolute atomic E-state index is 14.0. The zero-order chi connectivity index (χ0) is 37.1. The summed E-state index contributed by atoms with van der Waals surface area (Å²) in [4.78, 5) is 26.9. The number of sulfone groups is 1. The Morgan fingerprint density at radius 3 is 2.22 bits per heavy atom. The number of aromatic amines is 1. The van der Waals surface area contributed by atoms with Crippen molar-refractivity contribution < 1.29 is 44.7 Å². The number of carbonyl (C=O) groups excluding carboxylic acids is 2. The molecule has 3 aromatic rings. The number of ether oxygens (including phenoxy) is 1. The van der Waals surface area contributed by atoms with Crippen molar-refractivity contribution >= 4 is 21.7 Å². The van der Waals surface area contributed by atoms with Crippen LogP contribution in [0.1, 0.15) is 79.2 Å². The van der Waals surface area contributed by atoms with Crippen LogP contribution in [0.3, 0.4) is 0 Å². The van der Waals surface area contributed by atoms with Crippen LogP contribution < -0.4 is 16.4 Å². The minimum Gasteiger partial charge on any atom is -0.458 e. The first-order valence-electron chi connectivity index (χ1n) is 16.4. The number of amides is 1. The van der Waals surface area contributed by atoms with Gasteiger partial charge in [-0.2, -0.15) is 18.3 Å². The number of H-pyrrole nitrogens is 1. The van der Waals surface area contributed by atoms with Gasteiger partial charge in [-0.25, -0.2) is 22.0 Å². The molecular formula is C34H44F5N5O5S. The van der Waals surface area contributed by atoms with Gasteiger partial charge in [-0.3, -0.25) is 9.89 Å². The van der Waals surface area contributed by atoms with Crippen molar-refractivity contribution in [2.24, 2.45) is 5.73 Å². The summed E-state index contributed by atoms with van der Waals surface area (Å²) in [5.41, 5.74) is 6.10. The summed E-state index contributed by atoms with van der Waals surface area (Å²) < 4.78 is 101. The number of nitrogens with zero attached hydrogens (tertiary/aromatic N) is 1. The molecule has 1 aromatic heterocycles. The van der Waals surface area contributed by atoms with E-state index in [-0.39, 0.29) is 31.4 Å². The molecule has 0 spiro atoms. The van der Waals surface area contributed by atoms with Crippen LogP contribution in [0.25, 0.3) is 0 Å². The SMILES string of the molecule is CCCC(CCC)S(=O)(=O)C[C@@H](NC(=O)c1cn[nH]c1C(F)(F)F)C(=O)O[C@H](CNCc1cccc(CC)c1)C(N)Cc1cc(F)cc(F)c1. The summed E-state index contributed by atoms with van der Waals surface area (Å²) in [6.07, 6.45) is -3.51. The van der Waals surface area contributed by atoms with E-state index in [1.54, 1.807) is 18.9 Å². The Hall–Kier alpha value is -3.89. The molecule has 50 heavy (non-hydrogen) atoms. The molecule has 0 fully saturated rings. The zero-order valence-electron chi connectivity index (χ0n) is 28.2. The van der Waals surface area contributed by atoms with Gasteiger partial charge in [0.15, 0.2) is 15.5 Å². The third-order valence-corrected chi connectivity index (χ3v) is 10.4. The summed E-state index contributed by atoms with van der Waals surface area (Å²) in [7, 11) is -4.11. The van der Waals surface area contributed by atoms with Gasteiger partial charge in [-0.15, -0.1) is 0 Å². The van der Waals surface area contributed by atoms with E-state index >= 15 is 0 Å². The van der Waals surface area contributed by atoms with Crippen LogP contribution in [0.2, 0.25) is 0 Å². The number of hydrogen-bond donors (Lipinski definition) is 4. The summed E-state index contributed by atoms with van der Waals surface area (Å²) in [6.45, 7) is 5.75. The molecule has 0 saturated carbocycles. The number of aromatic nitrogens is 2. The molecule has 3 atom stereocenters. The Morgan fingerprint density at radius 1 is 0.980 bits per heavy atom. The van der Waals surface area contributed by atoms with E-state index in [0.717, 1.165) is 29.7 Å². The topological polar surface area (TPSA) is 156 Å². The number of benzene rings is 2. The molecular weight excluding hydrogens is 685 g/mol. The Kier molecular flexibility index (Phi) is 14.9. The van der Waals surface area contributed by atoms with Crippen LogP contribution in [0, 0.1) is 11.6 Å². The number of rotatable bonds is 19. The number of carbonyl (C=O) groups is 2. The van der Waals surface area contributed by atoms with E-state index in [1.165, 1.54) is 0 Å². The van der Waals surface area contributed by atoms with Gasteiger partial charge in [-0.05, 0) is 54.5 Å². The molecule has 0 aliphatic carbocycles. The van der Waals surface area contributed by atoms with Crippen LogP contribution in [0.5, 0.6) is 0 Å². The minimum absolute atomic E-state index is 0.108. The maximum Gasteiger partial charge on any atom is 0.433 e. The number of aryl methyl sites for hydroxylation is 1. The summed E-state index contributed by atoms with van der Waals surface area (Å²) in [5.74, 6) is -5.35. The summed E-state index contributed by atoms with van der Waals surface area (Å²) in [5, 5.41) is 9.35. The predicted molar refractivity (Wildman–Crippen MR) is 178 cm³/mol. The first-order valence-corrected chi connectivity index (χ1v) is 18.1. The lowest BCUT2D eigenvalue weighted by atomic mass is 10.0. The number of halogens is 5. The molecule has 3 rings (SSSR count). The van der Waals surface area contributed by atoms with Crippen LogP contribution >= 0.6 is 0 Å². The number of nitrogens with one attached hydrogen (secondary N) is 3. The van der Waals surface area contributed by atoms with Crippen LogP contribution in [-0.2, 0) is 44.9 Å². The number of hydrogen-bond acceptors (Lipinski definition) is 8. The second kappa shape index (κ2) is 18.4. The molecule has 0 radical (unpaired) electrons. The van der Waals surface area contributed by atoms with Crippen molar-refractivity contribution in [2.45, 2.75) is 95.5 Å². The standard InChI is InChI=1S/C34H44F5N5O5S/c1-4-8-26(9-5-2)50(47,48)20-29(43-32(45)27-18-42-44-31(27)34(37,38)39)33(46)49-30(19-41-17-22-11-7-10-21(6-3)12-22)28(40)15-23-13-24(35)16-25(36)14-23/h7,10-14,16,18,26,28-30,41H,4-6,8-9,15,17,19-20,40H2,1-3H3,(H,42,44)(H,43,45)/t28?,29-,30-/m1/s1. The highest BCUT2D eigenvalue weighted by Crippen LogP contribution is 2.30. The lowest BCUT2D eigenvalue weighted by molar-refractivity contribution is -0.151. The summed E-state index contributed by atoms with van der Waals surface area (Å²) >= 11 is 0. The quantitative estimate of drug-likeness (QED) is 0.0991. The average Bonchev–Trinajstić information content (AvgIpc) is 3.55. The van der Waals surface area contributed by atoms with Crippen molar-refractivity contribution in [2.75, 3.05) is 12.3 Å². The fourth-order valence-electron chi connectivity index (χ4n) is 5.56. The van der Waals surface area contributed by atoms with Crippen molar-refractivity contribution in [3.05, 3.63) is 88.2 Å². The normalized spacial score (nSPS) is 14.0. The fraction of sp³-hybridized carbons (Fsp3) is 0.500. The number of alkyl halides is 3. The van der Waals surface area contributed by atoms with E-state index < -0.39 is 80.0 Å². The monoisotopic (exact) mass is 729 g/mol. The number of nitrogens with two attached hydrogens (primary N) is 1. The van der Waals surface area contributed by atoms with Gasteiger partial charge in [0, 0.05) is 25.2 Å². The predicted octanol–water partition coefficient (Wildman–Crippen LogP) is 5.02. The van der Waals surface area contributed by atoms with Crippen LogP contribution in [0.15, 0.2) is 48.7 Å². The minimum atomic E-state index is -5.00. The van der Waals surface area contributed by atoms with Gasteiger partial charge in [0.1, 0.15) is 23.8 Å². The van der Waals surface area contributed by atoms with Crippen molar-refractivity contribution in [3.63, 3.8) is 0 Å². The Labute approximate surface area is 288 Å². The molecule has 10 nitrogen and oxygen atoms in total. The smallest absolute Gasteiger partial charge is 0.433 e. The fourth-order valence-corrected chi connectivity index (χ4v) is 7.70. The van der Waals surface area contributed by atoms with Gasteiger partial charge < -0.3 is 21.1 Å². The van der Waals surface area contributed by atoms with Gasteiger partial charge in [-0.1, -0.05) is 57.9 Å². The summed E-state index contributed by atoms with van der Waals surface area (Å²) in [6, 6.07) is 7.43. The van der Waals surface area contributed by atoms with E-state index in [4.69, 9.17) is 10.5 Å². The highest BCUT2D eigenvalue weighted by molar-refractivity contribution is 7.92. The maximum atomic E-state index is 14.0. The van der Waals surface area contributed by atoms with E-state index in [9.17, 15) is 40.0 Å². The lowest BCUT2D eigenvalue weighted by Crippen LogP contribution is -2.52. The first kappa shape index (κ1) is 40.5. The molecule has 1 unspecified atom stereocenters. The van der Waals surface area contributed by atoms with Gasteiger partial charge in [0.2, 0.25) is 0 Å². The van der Waals surface area contributed by atoms with Crippen LogP contribution in [-0.4, -0.2) is 66.2 Å². The Bertz CT molecular complexity index is 1660. The largest absolute Gasteiger partial charge is 0.458 e. The van der Waals surface area contributed by atoms with Gasteiger partial charge >= 0.3 is 12.1 Å². The average molecular weight is 730 g/mol. The highest BCUT2D eigenvalue weighted by Gasteiger charge is 2.40. The first-order chi connectivity index (χ1) is 23.6. The molecule has 276 valence electrons. The third kappa shape index (κ3) is 11.9. The number of esters is 1. The highest BCUT2D eigenvalue weighted by atomic mass is 32.2. The second-order valence-corrected chi connectivity index (χ2v) is 14.5.